The maximum atomic E-state index is 12.3. The van der Waals surface area contributed by atoms with Gasteiger partial charge in [-0.2, -0.15) is 0 Å². The topological polar surface area (TPSA) is 119 Å². The van der Waals surface area contributed by atoms with Crippen LogP contribution >= 0.6 is 0 Å². The largest absolute Gasteiger partial charge is 0.444 e. The number of aromatic amines is 1. The number of hydrogen-bond donors (Lipinski definition) is 1. The van der Waals surface area contributed by atoms with Gasteiger partial charge < -0.3 is 14.6 Å². The van der Waals surface area contributed by atoms with Gasteiger partial charge in [-0.05, 0) is 45.4 Å². The van der Waals surface area contributed by atoms with Gasteiger partial charge in [-0.25, -0.2) is 14.8 Å². The molecule has 0 saturated carbocycles. The van der Waals surface area contributed by atoms with Gasteiger partial charge in [0.05, 0.1) is 12.9 Å². The van der Waals surface area contributed by atoms with E-state index in [2.05, 4.69) is 15.0 Å². The first-order chi connectivity index (χ1) is 14.0. The molecule has 0 fully saturated rings. The number of carbonyl (C=O) groups excluding carboxylic acids is 2. The predicted molar refractivity (Wildman–Crippen MR) is 108 cm³/mol. The van der Waals surface area contributed by atoms with Crippen molar-refractivity contribution in [2.24, 2.45) is 0 Å². The van der Waals surface area contributed by atoms with Crippen molar-refractivity contribution in [2.75, 3.05) is 0 Å². The zero-order chi connectivity index (χ0) is 22.1. The van der Waals surface area contributed by atoms with E-state index in [9.17, 15) is 14.4 Å². The molecule has 0 bridgehead atoms. The number of carbonyl (C=O) groups is 2. The summed E-state index contributed by atoms with van der Waals surface area (Å²) in [5, 5.41) is 0.877. The quantitative estimate of drug-likeness (QED) is 0.656. The molecule has 0 spiro atoms. The molecular weight excluding hydrogens is 390 g/mol. The summed E-state index contributed by atoms with van der Waals surface area (Å²) < 4.78 is 7.04. The van der Waals surface area contributed by atoms with Gasteiger partial charge in [-0.1, -0.05) is 12.1 Å². The van der Waals surface area contributed by atoms with Gasteiger partial charge in [0.15, 0.2) is 11.2 Å². The van der Waals surface area contributed by atoms with Crippen LogP contribution in [0.2, 0.25) is 0 Å². The van der Waals surface area contributed by atoms with Crippen molar-refractivity contribution in [3.05, 3.63) is 52.3 Å². The highest BCUT2D eigenvalue weighted by atomic mass is 16.8. The Labute approximate surface area is 172 Å². The zero-order valence-electron chi connectivity index (χ0n) is 17.4. The average Bonchev–Trinajstić information content (AvgIpc) is 2.97. The molecule has 10 heteroatoms. The lowest BCUT2D eigenvalue weighted by atomic mass is 10.2. The number of fused-ring (bicyclic) bond motifs is 1. The molecule has 0 unspecified atom stereocenters. The summed E-state index contributed by atoms with van der Waals surface area (Å²) in [6.45, 7) is 8.17. The second-order valence-electron chi connectivity index (χ2n) is 7.66. The average molecular weight is 413 g/mol. The van der Waals surface area contributed by atoms with E-state index in [0.717, 1.165) is 10.8 Å². The van der Waals surface area contributed by atoms with Crippen molar-refractivity contribution in [1.29, 1.82) is 0 Å². The molecule has 3 aromatic rings. The van der Waals surface area contributed by atoms with Gasteiger partial charge in [-0.15, -0.1) is 5.06 Å². The third kappa shape index (κ3) is 4.65. The molecule has 30 heavy (non-hydrogen) atoms. The highest BCUT2D eigenvalue weighted by molar-refractivity contribution is 5.73. The minimum Gasteiger partial charge on any atom is -0.442 e. The van der Waals surface area contributed by atoms with Crippen LogP contribution in [-0.2, 0) is 20.9 Å². The van der Waals surface area contributed by atoms with E-state index in [4.69, 9.17) is 9.57 Å². The summed E-state index contributed by atoms with van der Waals surface area (Å²) in [4.78, 5) is 51.7. The fraction of sp³-hybridized carbons (Fsp3) is 0.350. The van der Waals surface area contributed by atoms with Crippen LogP contribution in [0.4, 0.5) is 4.79 Å². The molecule has 10 nitrogen and oxygen atoms in total. The van der Waals surface area contributed by atoms with Crippen molar-refractivity contribution in [3.63, 3.8) is 0 Å². The minimum absolute atomic E-state index is 0.0103. The van der Waals surface area contributed by atoms with Crippen LogP contribution in [0.15, 0.2) is 35.4 Å². The minimum atomic E-state index is -0.762. The van der Waals surface area contributed by atoms with Gasteiger partial charge >= 0.3 is 12.1 Å². The van der Waals surface area contributed by atoms with Crippen LogP contribution in [-0.4, -0.2) is 42.2 Å². The highest BCUT2D eigenvalue weighted by Crippen LogP contribution is 2.19. The molecule has 0 aliphatic rings. The van der Waals surface area contributed by atoms with Crippen molar-refractivity contribution < 1.29 is 19.2 Å². The summed E-state index contributed by atoms with van der Waals surface area (Å²) in [7, 11) is 0. The first kappa shape index (κ1) is 21.0. The third-order valence-electron chi connectivity index (χ3n) is 3.97. The Morgan fingerprint density at radius 3 is 2.47 bits per heavy atom. The van der Waals surface area contributed by atoms with E-state index in [1.165, 1.54) is 13.3 Å². The standard InChI is InChI=1S/C20H23N5O5/c1-12-23-16-17(21-11-22-18(16)27)25(12)15-8-6-14(7-9-15)10-24(30-13(2)26)19(28)29-20(3,4)5/h6-9,11H,10H2,1-5H3,(H,21,22,27). The van der Waals surface area contributed by atoms with Gasteiger partial charge in [-0.3, -0.25) is 14.2 Å². The first-order valence-electron chi connectivity index (χ1n) is 9.26. The smallest absolute Gasteiger partial charge is 0.442 e. The number of rotatable bonds is 3. The molecule has 2 aromatic heterocycles. The SMILES string of the molecule is CC(=O)ON(Cc1ccc(-n2c(C)nc3c(=O)[nH]cnc32)cc1)C(=O)OC(C)(C)C. The van der Waals surface area contributed by atoms with Gasteiger partial charge in [0.2, 0.25) is 0 Å². The predicted octanol–water partition coefficient (Wildman–Crippen LogP) is 2.63. The number of H-pyrrole nitrogens is 1. The Morgan fingerprint density at radius 1 is 1.20 bits per heavy atom. The zero-order valence-corrected chi connectivity index (χ0v) is 17.4. The fourth-order valence-electron chi connectivity index (χ4n) is 2.84. The number of hydrogen-bond acceptors (Lipinski definition) is 7. The Morgan fingerprint density at radius 2 is 1.87 bits per heavy atom. The van der Waals surface area contributed by atoms with Crippen LogP contribution in [0.25, 0.3) is 16.9 Å². The molecule has 0 saturated heterocycles. The number of ether oxygens (including phenoxy) is 1. The molecule has 3 rings (SSSR count). The molecule has 1 aromatic carbocycles. The van der Waals surface area contributed by atoms with Crippen LogP contribution in [0.5, 0.6) is 0 Å². The number of aryl methyl sites for hydroxylation is 1. The molecule has 158 valence electrons. The highest BCUT2D eigenvalue weighted by Gasteiger charge is 2.25. The number of imidazole rings is 1. The van der Waals surface area contributed by atoms with E-state index in [1.807, 2.05) is 0 Å². The van der Waals surface area contributed by atoms with Crippen LogP contribution < -0.4 is 5.56 Å². The molecule has 0 aliphatic carbocycles. The van der Waals surface area contributed by atoms with E-state index < -0.39 is 17.7 Å². The summed E-state index contributed by atoms with van der Waals surface area (Å²) in [6, 6.07) is 7.14. The lowest BCUT2D eigenvalue weighted by Gasteiger charge is -2.25. The molecule has 1 N–H and O–H groups in total. The number of nitrogens with one attached hydrogen (secondary N) is 1. The van der Waals surface area contributed by atoms with Crippen molar-refractivity contribution in [2.45, 2.75) is 46.8 Å². The van der Waals surface area contributed by atoms with Crippen molar-refractivity contribution >= 4 is 23.2 Å². The van der Waals surface area contributed by atoms with Crippen LogP contribution in [0, 0.1) is 6.92 Å². The van der Waals surface area contributed by atoms with Crippen LogP contribution in [0.1, 0.15) is 39.1 Å². The monoisotopic (exact) mass is 413 g/mol. The molecule has 0 aliphatic heterocycles. The summed E-state index contributed by atoms with van der Waals surface area (Å²) in [6.07, 6.45) is 0.565. The Bertz CT molecular complexity index is 1140. The van der Waals surface area contributed by atoms with E-state index >= 15 is 0 Å². The maximum Gasteiger partial charge on any atom is 0.444 e. The van der Waals surface area contributed by atoms with Crippen molar-refractivity contribution in [3.8, 4) is 5.69 Å². The summed E-state index contributed by atoms with van der Waals surface area (Å²) in [5.74, 6) is -0.0217. The number of aromatic nitrogens is 4. The van der Waals surface area contributed by atoms with Gasteiger partial charge in [0.1, 0.15) is 11.4 Å². The van der Waals surface area contributed by atoms with Crippen LogP contribution in [0.3, 0.4) is 0 Å². The second kappa shape index (κ2) is 7.97. The third-order valence-corrected chi connectivity index (χ3v) is 3.97. The van der Waals surface area contributed by atoms with Crippen molar-refractivity contribution in [1.82, 2.24) is 24.6 Å². The van der Waals surface area contributed by atoms with Gasteiger partial charge in [0.25, 0.3) is 5.56 Å². The normalized spacial score (nSPS) is 11.4. The van der Waals surface area contributed by atoms with E-state index in [-0.39, 0.29) is 17.6 Å². The lowest BCUT2D eigenvalue weighted by molar-refractivity contribution is -0.184. The molecule has 1 amide bonds. The van der Waals surface area contributed by atoms with E-state index in [1.54, 1.807) is 56.5 Å². The molecule has 0 radical (unpaired) electrons. The first-order valence-corrected chi connectivity index (χ1v) is 9.26. The van der Waals surface area contributed by atoms with E-state index in [0.29, 0.717) is 17.0 Å². The molecule has 2 heterocycles. The molecular formula is C20H23N5O5. The maximum absolute atomic E-state index is 12.3. The number of benzene rings is 1. The second-order valence-corrected chi connectivity index (χ2v) is 7.66. The fourth-order valence-corrected chi connectivity index (χ4v) is 2.84. The summed E-state index contributed by atoms with van der Waals surface area (Å²) in [5.41, 5.74) is 1.11. The number of amides is 1. The Balaban J connectivity index is 1.87. The summed E-state index contributed by atoms with van der Waals surface area (Å²) >= 11 is 0. The van der Waals surface area contributed by atoms with Gasteiger partial charge in [0, 0.05) is 12.6 Å². The number of nitrogens with zero attached hydrogens (tertiary/aromatic N) is 4. The Kier molecular flexibility index (Phi) is 5.59. The lowest BCUT2D eigenvalue weighted by Crippen LogP contribution is -2.37. The Hall–Kier alpha value is -3.69. The molecule has 0 atom stereocenters. The number of hydroxylamine groups is 2.